The highest BCUT2D eigenvalue weighted by Crippen LogP contribution is 2.39. The Morgan fingerprint density at radius 3 is 2.69 bits per heavy atom. The Kier molecular flexibility index (Phi) is 3.15. The molecule has 0 bridgehead atoms. The molecule has 16 heavy (non-hydrogen) atoms. The predicted octanol–water partition coefficient (Wildman–Crippen LogP) is 3.60. The fourth-order valence-electron chi connectivity index (χ4n) is 1.65. The van der Waals surface area contributed by atoms with Crippen molar-refractivity contribution in [3.8, 4) is 11.3 Å². The van der Waals surface area contributed by atoms with Crippen molar-refractivity contribution >= 4 is 40.4 Å². The van der Waals surface area contributed by atoms with Crippen molar-refractivity contribution in [2.45, 2.75) is 13.3 Å². The largest absolute Gasteiger partial charge is 0.384 e. The van der Waals surface area contributed by atoms with Crippen molar-refractivity contribution in [3.63, 3.8) is 0 Å². The Morgan fingerprint density at radius 1 is 1.50 bits per heavy atom. The van der Waals surface area contributed by atoms with E-state index in [4.69, 9.17) is 28.9 Å². The summed E-state index contributed by atoms with van der Waals surface area (Å²) < 4.78 is 2.97. The van der Waals surface area contributed by atoms with Gasteiger partial charge < -0.3 is 5.73 Å². The number of hydrogen-bond acceptors (Lipinski definition) is 3. The molecule has 2 aromatic heterocycles. The highest BCUT2D eigenvalue weighted by atomic mass is 35.5. The minimum atomic E-state index is 0.651. The van der Waals surface area contributed by atoms with Crippen LogP contribution in [0.3, 0.4) is 0 Å². The normalized spacial score (nSPS) is 11.0. The summed E-state index contributed by atoms with van der Waals surface area (Å²) in [6.07, 6.45) is 0.818. The minimum Gasteiger partial charge on any atom is -0.384 e. The SMILES string of the molecule is CCc1c(-c2cc(Cl)sc2Cl)nn(C)c1N. The molecule has 2 aromatic rings. The van der Waals surface area contributed by atoms with E-state index in [9.17, 15) is 0 Å². The van der Waals surface area contributed by atoms with E-state index < -0.39 is 0 Å². The van der Waals surface area contributed by atoms with Crippen LogP contribution in [0.25, 0.3) is 11.3 Å². The van der Waals surface area contributed by atoms with Crippen molar-refractivity contribution in [1.29, 1.82) is 0 Å². The fraction of sp³-hybridized carbons (Fsp3) is 0.300. The molecule has 0 saturated heterocycles. The van der Waals surface area contributed by atoms with Gasteiger partial charge in [0.1, 0.15) is 15.8 Å². The number of hydrogen-bond donors (Lipinski definition) is 1. The first-order valence-electron chi connectivity index (χ1n) is 4.81. The summed E-state index contributed by atoms with van der Waals surface area (Å²) in [4.78, 5) is 0. The van der Waals surface area contributed by atoms with Gasteiger partial charge in [0, 0.05) is 18.2 Å². The lowest BCUT2D eigenvalue weighted by atomic mass is 10.1. The van der Waals surface area contributed by atoms with Crippen molar-refractivity contribution in [3.05, 3.63) is 20.3 Å². The number of aryl methyl sites for hydroxylation is 1. The van der Waals surface area contributed by atoms with Crippen molar-refractivity contribution < 1.29 is 0 Å². The van der Waals surface area contributed by atoms with E-state index in [0.717, 1.165) is 23.2 Å². The van der Waals surface area contributed by atoms with Gasteiger partial charge in [-0.05, 0) is 12.5 Å². The molecule has 0 spiro atoms. The summed E-state index contributed by atoms with van der Waals surface area (Å²) in [5.41, 5.74) is 8.64. The first-order chi connectivity index (χ1) is 7.54. The number of halogens is 2. The number of nitrogen functional groups attached to an aromatic ring is 1. The molecule has 0 fully saturated rings. The van der Waals surface area contributed by atoms with Crippen LogP contribution in [0.15, 0.2) is 6.07 Å². The Hall–Kier alpha value is -0.710. The molecule has 3 nitrogen and oxygen atoms in total. The fourth-order valence-corrected chi connectivity index (χ4v) is 3.11. The molecule has 0 radical (unpaired) electrons. The van der Waals surface area contributed by atoms with Gasteiger partial charge in [0.25, 0.3) is 0 Å². The second-order valence-electron chi connectivity index (χ2n) is 3.43. The van der Waals surface area contributed by atoms with Crippen molar-refractivity contribution in [2.24, 2.45) is 7.05 Å². The van der Waals surface area contributed by atoms with Crippen LogP contribution >= 0.6 is 34.5 Å². The van der Waals surface area contributed by atoms with Gasteiger partial charge in [0.2, 0.25) is 0 Å². The maximum atomic E-state index is 6.11. The third kappa shape index (κ3) is 1.81. The van der Waals surface area contributed by atoms with E-state index in [1.54, 1.807) is 4.68 Å². The van der Waals surface area contributed by atoms with Gasteiger partial charge in [0.15, 0.2) is 0 Å². The average molecular weight is 276 g/mol. The number of aromatic nitrogens is 2. The van der Waals surface area contributed by atoms with Crippen LogP contribution in [0, 0.1) is 0 Å². The average Bonchev–Trinajstić information content (AvgIpc) is 2.69. The van der Waals surface area contributed by atoms with Crippen LogP contribution in [-0.4, -0.2) is 9.78 Å². The minimum absolute atomic E-state index is 0.651. The van der Waals surface area contributed by atoms with E-state index in [0.29, 0.717) is 14.5 Å². The molecule has 0 aromatic carbocycles. The molecule has 2 N–H and O–H groups in total. The Bertz CT molecular complexity index is 530. The Balaban J connectivity index is 2.64. The summed E-state index contributed by atoms with van der Waals surface area (Å²) in [7, 11) is 1.82. The first kappa shape index (κ1) is 11.8. The van der Waals surface area contributed by atoms with E-state index in [1.807, 2.05) is 20.0 Å². The van der Waals surface area contributed by atoms with Gasteiger partial charge in [0.05, 0.1) is 4.34 Å². The molecule has 0 aliphatic heterocycles. The van der Waals surface area contributed by atoms with Gasteiger partial charge in [-0.1, -0.05) is 30.1 Å². The quantitative estimate of drug-likeness (QED) is 0.910. The van der Waals surface area contributed by atoms with Gasteiger partial charge >= 0.3 is 0 Å². The zero-order chi connectivity index (χ0) is 11.9. The van der Waals surface area contributed by atoms with Crippen LogP contribution in [0.2, 0.25) is 8.67 Å². The molecule has 0 atom stereocenters. The molecule has 0 unspecified atom stereocenters. The third-order valence-corrected chi connectivity index (χ3v) is 3.95. The van der Waals surface area contributed by atoms with E-state index >= 15 is 0 Å². The van der Waals surface area contributed by atoms with Gasteiger partial charge in [-0.15, -0.1) is 11.3 Å². The lowest BCUT2D eigenvalue weighted by Gasteiger charge is -1.98. The molecular weight excluding hydrogens is 265 g/mol. The van der Waals surface area contributed by atoms with Crippen molar-refractivity contribution in [2.75, 3.05) is 5.73 Å². The monoisotopic (exact) mass is 275 g/mol. The molecular formula is C10H11Cl2N3S. The lowest BCUT2D eigenvalue weighted by Crippen LogP contribution is -1.98. The molecule has 0 saturated carbocycles. The Labute approximate surface area is 108 Å². The predicted molar refractivity (Wildman–Crippen MR) is 70.3 cm³/mol. The van der Waals surface area contributed by atoms with Crippen LogP contribution < -0.4 is 5.73 Å². The lowest BCUT2D eigenvalue weighted by molar-refractivity contribution is 0.782. The second-order valence-corrected chi connectivity index (χ2v) is 5.71. The van der Waals surface area contributed by atoms with Gasteiger partial charge in [-0.3, -0.25) is 4.68 Å². The summed E-state index contributed by atoms with van der Waals surface area (Å²) in [5.74, 6) is 0.677. The number of anilines is 1. The van der Waals surface area contributed by atoms with Crippen LogP contribution in [0.4, 0.5) is 5.82 Å². The number of thiophene rings is 1. The van der Waals surface area contributed by atoms with Gasteiger partial charge in [-0.25, -0.2) is 0 Å². The topological polar surface area (TPSA) is 43.8 Å². The van der Waals surface area contributed by atoms with Crippen LogP contribution in [0.5, 0.6) is 0 Å². The summed E-state index contributed by atoms with van der Waals surface area (Å²) in [5, 5.41) is 4.38. The zero-order valence-electron chi connectivity index (χ0n) is 8.92. The maximum Gasteiger partial charge on any atom is 0.125 e. The molecule has 86 valence electrons. The Morgan fingerprint density at radius 2 is 2.19 bits per heavy atom. The first-order valence-corrected chi connectivity index (χ1v) is 6.38. The molecule has 6 heteroatoms. The second kappa shape index (κ2) is 4.28. The summed E-state index contributed by atoms with van der Waals surface area (Å²) >= 11 is 13.4. The molecule has 2 heterocycles. The van der Waals surface area contributed by atoms with E-state index in [2.05, 4.69) is 5.10 Å². The highest BCUT2D eigenvalue weighted by Gasteiger charge is 2.18. The maximum absolute atomic E-state index is 6.11. The van der Waals surface area contributed by atoms with E-state index in [-0.39, 0.29) is 0 Å². The molecule has 0 aliphatic rings. The molecule has 0 amide bonds. The summed E-state index contributed by atoms with van der Waals surface area (Å²) in [6, 6.07) is 1.83. The smallest absolute Gasteiger partial charge is 0.125 e. The number of nitrogens with zero attached hydrogens (tertiary/aromatic N) is 2. The highest BCUT2D eigenvalue weighted by molar-refractivity contribution is 7.20. The number of nitrogens with two attached hydrogens (primary N) is 1. The standard InChI is InChI=1S/C10H11Cl2N3S/c1-3-5-8(14-15(2)10(5)13)6-4-7(11)16-9(6)12/h4H,3,13H2,1-2H3. The summed E-state index contributed by atoms with van der Waals surface area (Å²) in [6.45, 7) is 2.04. The molecule has 0 aliphatic carbocycles. The van der Waals surface area contributed by atoms with Crippen LogP contribution in [0.1, 0.15) is 12.5 Å². The molecule has 2 rings (SSSR count). The third-order valence-electron chi connectivity index (χ3n) is 2.46. The zero-order valence-corrected chi connectivity index (χ0v) is 11.2. The van der Waals surface area contributed by atoms with Gasteiger partial charge in [-0.2, -0.15) is 5.10 Å². The van der Waals surface area contributed by atoms with Crippen LogP contribution in [-0.2, 0) is 13.5 Å². The van der Waals surface area contributed by atoms with E-state index in [1.165, 1.54) is 11.3 Å². The van der Waals surface area contributed by atoms with Crippen molar-refractivity contribution in [1.82, 2.24) is 9.78 Å². The number of rotatable bonds is 2.